The van der Waals surface area contributed by atoms with Crippen molar-refractivity contribution in [3.63, 3.8) is 0 Å². The van der Waals surface area contributed by atoms with Gasteiger partial charge < -0.3 is 15.1 Å². The number of carbonyl (C=O) groups is 1. The molecule has 0 saturated carbocycles. The Hall–Kier alpha value is -2.04. The van der Waals surface area contributed by atoms with E-state index in [4.69, 9.17) is 4.84 Å². The van der Waals surface area contributed by atoms with Crippen LogP contribution in [0, 0.1) is 0 Å². The third kappa shape index (κ3) is 4.48. The number of unbranched alkanes of at least 4 members (excludes halogenated alkanes) is 1. The van der Waals surface area contributed by atoms with Crippen molar-refractivity contribution in [2.45, 2.75) is 45.4 Å². The van der Waals surface area contributed by atoms with E-state index in [-0.39, 0.29) is 5.91 Å². The zero-order valence-corrected chi connectivity index (χ0v) is 13.5. The van der Waals surface area contributed by atoms with Crippen LogP contribution in [-0.2, 0) is 9.63 Å². The zero-order chi connectivity index (χ0) is 15.8. The first-order chi connectivity index (χ1) is 10.7. The van der Waals surface area contributed by atoms with Crippen molar-refractivity contribution in [1.82, 2.24) is 0 Å². The molecule has 0 spiro atoms. The average molecular weight is 303 g/mol. The van der Waals surface area contributed by atoms with Gasteiger partial charge in [-0.3, -0.25) is 4.79 Å². The molecule has 1 heterocycles. The molecule has 2 rings (SSSR count). The van der Waals surface area contributed by atoms with E-state index in [1.807, 2.05) is 24.3 Å². The van der Waals surface area contributed by atoms with Crippen LogP contribution in [0.3, 0.4) is 0 Å². The van der Waals surface area contributed by atoms with Crippen LogP contribution < -0.4 is 10.2 Å². The average Bonchev–Trinajstić information content (AvgIpc) is 2.55. The molecule has 1 fully saturated rings. The molecule has 0 aliphatic carbocycles. The van der Waals surface area contributed by atoms with E-state index >= 15 is 0 Å². The van der Waals surface area contributed by atoms with Crippen LogP contribution in [0.15, 0.2) is 29.4 Å². The highest BCUT2D eigenvalue weighted by molar-refractivity contribution is 5.98. The van der Waals surface area contributed by atoms with Crippen molar-refractivity contribution >= 4 is 23.1 Å². The molecule has 0 aromatic heterocycles. The van der Waals surface area contributed by atoms with Crippen LogP contribution in [0.1, 0.15) is 45.4 Å². The number of amidine groups is 1. The van der Waals surface area contributed by atoms with Gasteiger partial charge in [-0.1, -0.05) is 18.5 Å². The van der Waals surface area contributed by atoms with Crippen molar-refractivity contribution in [3.05, 3.63) is 24.3 Å². The van der Waals surface area contributed by atoms with E-state index in [0.29, 0.717) is 6.42 Å². The number of hydrogen-bond donors (Lipinski definition) is 1. The first-order valence-corrected chi connectivity index (χ1v) is 8.02. The van der Waals surface area contributed by atoms with Gasteiger partial charge in [0.1, 0.15) is 12.9 Å². The second kappa shape index (κ2) is 8.41. The lowest BCUT2D eigenvalue weighted by atomic mass is 10.1. The van der Waals surface area contributed by atoms with Gasteiger partial charge in [-0.2, -0.15) is 0 Å². The quantitative estimate of drug-likeness (QED) is 0.814. The summed E-state index contributed by atoms with van der Waals surface area (Å²) in [6, 6.07) is 7.92. The maximum Gasteiger partial charge on any atom is 0.224 e. The lowest BCUT2D eigenvalue weighted by molar-refractivity contribution is -0.116. The molecule has 1 aromatic rings. The number of piperidine rings is 1. The van der Waals surface area contributed by atoms with Crippen LogP contribution in [0.2, 0.25) is 0 Å². The standard InChI is InChI=1S/C17H25N3O2/c1-3-4-8-17(21)18-14-9-11-15(12-10-14)20-13-6-5-7-16(20)19-22-2/h9-12H,3-8,13H2,1-2H3,(H,18,21). The lowest BCUT2D eigenvalue weighted by Gasteiger charge is -2.29. The Bertz CT molecular complexity index is 511. The molecule has 0 bridgehead atoms. The topological polar surface area (TPSA) is 53.9 Å². The maximum absolute atomic E-state index is 11.7. The minimum absolute atomic E-state index is 0.0780. The molecule has 1 aliphatic rings. The van der Waals surface area contributed by atoms with Gasteiger partial charge in [0.15, 0.2) is 0 Å². The molecule has 0 radical (unpaired) electrons. The largest absolute Gasteiger partial charge is 0.398 e. The molecule has 0 unspecified atom stereocenters. The Labute approximate surface area is 132 Å². The number of rotatable bonds is 6. The smallest absolute Gasteiger partial charge is 0.224 e. The fraction of sp³-hybridized carbons (Fsp3) is 0.529. The predicted molar refractivity (Wildman–Crippen MR) is 90.2 cm³/mol. The Morgan fingerprint density at radius 2 is 2.09 bits per heavy atom. The monoisotopic (exact) mass is 303 g/mol. The number of carbonyl (C=O) groups excluding carboxylic acids is 1. The van der Waals surface area contributed by atoms with Gasteiger partial charge in [-0.05, 0) is 43.5 Å². The minimum Gasteiger partial charge on any atom is -0.398 e. The van der Waals surface area contributed by atoms with Gasteiger partial charge in [0.05, 0.1) is 0 Å². The highest BCUT2D eigenvalue weighted by Crippen LogP contribution is 2.23. The summed E-state index contributed by atoms with van der Waals surface area (Å²) in [5.41, 5.74) is 1.93. The molecule has 1 aliphatic heterocycles. The summed E-state index contributed by atoms with van der Waals surface area (Å²) < 4.78 is 0. The van der Waals surface area contributed by atoms with Crippen LogP contribution in [0.4, 0.5) is 11.4 Å². The Balaban J connectivity index is 2.01. The highest BCUT2D eigenvalue weighted by Gasteiger charge is 2.18. The first kappa shape index (κ1) is 16.3. The molecule has 1 aromatic carbocycles. The molecule has 1 amide bonds. The van der Waals surface area contributed by atoms with Gasteiger partial charge in [-0.15, -0.1) is 0 Å². The first-order valence-electron chi connectivity index (χ1n) is 8.02. The van der Waals surface area contributed by atoms with Gasteiger partial charge in [0.25, 0.3) is 0 Å². The van der Waals surface area contributed by atoms with Crippen LogP contribution in [-0.4, -0.2) is 25.4 Å². The summed E-state index contributed by atoms with van der Waals surface area (Å²) in [6.07, 6.45) is 5.76. The van der Waals surface area contributed by atoms with E-state index in [9.17, 15) is 4.79 Å². The number of amides is 1. The number of nitrogens with zero attached hydrogens (tertiary/aromatic N) is 2. The molecular formula is C17H25N3O2. The van der Waals surface area contributed by atoms with Crippen molar-refractivity contribution in [1.29, 1.82) is 0 Å². The zero-order valence-electron chi connectivity index (χ0n) is 13.5. The van der Waals surface area contributed by atoms with Gasteiger partial charge in [0.2, 0.25) is 5.91 Å². The second-order valence-corrected chi connectivity index (χ2v) is 5.50. The Morgan fingerprint density at radius 1 is 1.32 bits per heavy atom. The maximum atomic E-state index is 11.7. The molecule has 1 N–H and O–H groups in total. The molecule has 22 heavy (non-hydrogen) atoms. The van der Waals surface area contributed by atoms with Gasteiger partial charge in [-0.25, -0.2) is 0 Å². The normalized spacial score (nSPS) is 16.6. The lowest BCUT2D eigenvalue weighted by Crippen LogP contribution is -2.35. The molecule has 1 saturated heterocycles. The minimum atomic E-state index is 0.0780. The number of hydrogen-bond acceptors (Lipinski definition) is 3. The predicted octanol–water partition coefficient (Wildman–Crippen LogP) is 3.77. The van der Waals surface area contributed by atoms with Crippen LogP contribution in [0.5, 0.6) is 0 Å². The van der Waals surface area contributed by atoms with E-state index < -0.39 is 0 Å². The Morgan fingerprint density at radius 3 is 2.77 bits per heavy atom. The van der Waals surface area contributed by atoms with Gasteiger partial charge in [0, 0.05) is 30.8 Å². The van der Waals surface area contributed by atoms with E-state index in [1.54, 1.807) is 7.11 Å². The summed E-state index contributed by atoms with van der Waals surface area (Å²) in [5.74, 6) is 1.04. The molecule has 0 atom stereocenters. The number of oxime groups is 1. The van der Waals surface area contributed by atoms with Crippen molar-refractivity contribution in [2.75, 3.05) is 23.9 Å². The summed E-state index contributed by atoms with van der Waals surface area (Å²) >= 11 is 0. The number of anilines is 2. The third-order valence-corrected chi connectivity index (χ3v) is 3.76. The third-order valence-electron chi connectivity index (χ3n) is 3.76. The highest BCUT2D eigenvalue weighted by atomic mass is 16.6. The fourth-order valence-corrected chi connectivity index (χ4v) is 2.58. The molecule has 120 valence electrons. The molecular weight excluding hydrogens is 278 g/mol. The molecule has 5 heteroatoms. The van der Waals surface area contributed by atoms with Crippen molar-refractivity contribution < 1.29 is 9.63 Å². The van der Waals surface area contributed by atoms with Crippen LogP contribution >= 0.6 is 0 Å². The summed E-state index contributed by atoms with van der Waals surface area (Å²) in [4.78, 5) is 18.9. The number of benzene rings is 1. The SMILES string of the molecule is CCCCC(=O)Nc1ccc(N2CCCCC2=NOC)cc1. The van der Waals surface area contributed by atoms with E-state index in [0.717, 1.165) is 55.9 Å². The molecule has 5 nitrogen and oxygen atoms in total. The fourth-order valence-electron chi connectivity index (χ4n) is 2.58. The van der Waals surface area contributed by atoms with Crippen molar-refractivity contribution in [3.8, 4) is 0 Å². The number of nitrogens with one attached hydrogen (secondary N) is 1. The van der Waals surface area contributed by atoms with E-state index in [1.165, 1.54) is 0 Å². The second-order valence-electron chi connectivity index (χ2n) is 5.50. The summed E-state index contributed by atoms with van der Waals surface area (Å²) in [6.45, 7) is 3.03. The van der Waals surface area contributed by atoms with E-state index in [2.05, 4.69) is 22.3 Å². The summed E-state index contributed by atoms with van der Waals surface area (Å²) in [7, 11) is 1.58. The summed E-state index contributed by atoms with van der Waals surface area (Å²) in [5, 5.41) is 7.05. The van der Waals surface area contributed by atoms with Crippen LogP contribution in [0.25, 0.3) is 0 Å². The van der Waals surface area contributed by atoms with Crippen molar-refractivity contribution in [2.24, 2.45) is 5.16 Å². The Kier molecular flexibility index (Phi) is 6.25. The van der Waals surface area contributed by atoms with Gasteiger partial charge >= 0.3 is 0 Å².